The quantitative estimate of drug-likeness (QED) is 0.152. The van der Waals surface area contributed by atoms with E-state index in [9.17, 15) is 0 Å². The van der Waals surface area contributed by atoms with Crippen LogP contribution in [0.3, 0.4) is 0 Å². The Morgan fingerprint density at radius 2 is 0.740 bits per heavy atom. The Morgan fingerprint density at radius 1 is 0.286 bits per heavy atom. The van der Waals surface area contributed by atoms with E-state index in [1.165, 1.54) is 60.3 Å². The number of hydrogen-bond donors (Lipinski definition) is 0. The van der Waals surface area contributed by atoms with Crippen molar-refractivity contribution in [1.29, 1.82) is 0 Å². The van der Waals surface area contributed by atoms with Gasteiger partial charge < -0.3 is 18.6 Å². The van der Waals surface area contributed by atoms with Crippen LogP contribution in [0, 0.1) is 0 Å². The van der Waals surface area contributed by atoms with Gasteiger partial charge in [-0.15, -0.1) is 0 Å². The Hall–Kier alpha value is -10.2. The number of hydrogen-bond acceptors (Lipinski definition) is 4. The number of furan rings is 2. The van der Waals surface area contributed by atoms with E-state index in [2.05, 4.69) is 289 Å². The smallest absolute Gasteiger partial charge is 0.159 e. The molecule has 1 aliphatic rings. The van der Waals surface area contributed by atoms with Crippen LogP contribution in [0.5, 0.6) is 0 Å². The first-order valence-electron chi connectivity index (χ1n) is 26.4. The lowest BCUT2D eigenvalue weighted by Crippen LogP contribution is -2.29. The molecule has 0 N–H and O–H groups in total. The minimum atomic E-state index is -0.777. The Balaban J connectivity index is 0.992. The van der Waals surface area contributed by atoms with Gasteiger partial charge in [0.2, 0.25) is 0 Å². The lowest BCUT2D eigenvalue weighted by Gasteiger charge is -2.36. The number of fused-ring (bicyclic) bond motifs is 15. The van der Waals surface area contributed by atoms with Crippen molar-refractivity contribution in [2.45, 2.75) is 5.41 Å². The summed E-state index contributed by atoms with van der Waals surface area (Å²) in [6.45, 7) is 0. The highest BCUT2D eigenvalue weighted by Crippen LogP contribution is 2.61. The van der Waals surface area contributed by atoms with Crippen molar-refractivity contribution in [1.82, 2.24) is 0 Å². The fourth-order valence-electron chi connectivity index (χ4n) is 13.1. The zero-order valence-electron chi connectivity index (χ0n) is 41.8. The summed E-state index contributed by atoms with van der Waals surface area (Å²) in [4.78, 5) is 4.81. The molecule has 0 fully saturated rings. The van der Waals surface area contributed by atoms with E-state index in [4.69, 9.17) is 8.83 Å². The van der Waals surface area contributed by atoms with Crippen LogP contribution in [-0.2, 0) is 5.41 Å². The second-order valence-corrected chi connectivity index (χ2v) is 20.2. The third-order valence-corrected chi connectivity index (χ3v) is 16.3. The molecule has 0 spiro atoms. The van der Waals surface area contributed by atoms with Crippen LogP contribution in [0.2, 0.25) is 0 Å². The molecule has 360 valence electrons. The largest absolute Gasteiger partial charge is 0.454 e. The lowest BCUT2D eigenvalue weighted by atomic mass is 9.67. The number of nitrogens with zero attached hydrogens (tertiary/aromatic N) is 2. The second-order valence-electron chi connectivity index (χ2n) is 20.2. The van der Waals surface area contributed by atoms with E-state index >= 15 is 0 Å². The topological polar surface area (TPSA) is 32.8 Å². The van der Waals surface area contributed by atoms with Crippen LogP contribution in [0.1, 0.15) is 22.3 Å². The average Bonchev–Trinajstić information content (AvgIpc) is 4.03. The Labute approximate surface area is 444 Å². The standard InChI is InChI=1S/C73H46N2O2/c1-5-23-49(24-6-1)73(50-25-7-2-8-26-50)61-45-53(74(51-27-9-3-10-28-51)63-37-19-35-59-69-54-31-15-13-21-47(54)39-43-66(69)76-71(59)63)41-42-58(61)68-57-34-18-17-33-56(57)65(46-62(68)73)75(52-29-11-4-12-30-52)64-38-20-36-60-70-55-32-16-14-22-48(55)40-44-67(70)77-72(60)64/h1-46H. The molecule has 0 amide bonds. The molecule has 4 heteroatoms. The Bertz CT molecular complexity index is 4770. The van der Waals surface area contributed by atoms with Gasteiger partial charge in [-0.05, 0) is 127 Å². The van der Waals surface area contributed by atoms with Gasteiger partial charge in [0.05, 0.1) is 22.5 Å². The van der Waals surface area contributed by atoms with Crippen LogP contribution in [0.4, 0.5) is 34.1 Å². The molecular weight excluding hydrogens is 937 g/mol. The molecule has 0 bridgehead atoms. The lowest BCUT2D eigenvalue weighted by molar-refractivity contribution is 0.669. The number of rotatable bonds is 8. The van der Waals surface area contributed by atoms with Gasteiger partial charge in [-0.3, -0.25) is 0 Å². The number of para-hydroxylation sites is 4. The van der Waals surface area contributed by atoms with Gasteiger partial charge in [0.1, 0.15) is 11.2 Å². The summed E-state index contributed by atoms with van der Waals surface area (Å²) in [5.74, 6) is 0. The van der Waals surface area contributed by atoms with E-state index in [-0.39, 0.29) is 0 Å². The molecule has 0 saturated heterocycles. The van der Waals surface area contributed by atoms with Crippen LogP contribution in [-0.4, -0.2) is 0 Å². The summed E-state index contributed by atoms with van der Waals surface area (Å²) in [5.41, 5.74) is 15.9. The number of anilines is 6. The van der Waals surface area contributed by atoms with Gasteiger partial charge in [0, 0.05) is 44.0 Å². The van der Waals surface area contributed by atoms with Crippen molar-refractivity contribution in [3.63, 3.8) is 0 Å². The fraction of sp³-hybridized carbons (Fsp3) is 0.0137. The molecule has 0 unspecified atom stereocenters. The third-order valence-electron chi connectivity index (χ3n) is 16.3. The monoisotopic (exact) mass is 982 g/mol. The van der Waals surface area contributed by atoms with Crippen molar-refractivity contribution < 1.29 is 8.83 Å². The molecule has 2 heterocycles. The molecule has 0 saturated carbocycles. The molecule has 0 atom stereocenters. The fourth-order valence-corrected chi connectivity index (χ4v) is 13.1. The van der Waals surface area contributed by atoms with Crippen LogP contribution < -0.4 is 9.80 Å². The van der Waals surface area contributed by atoms with E-state index in [1.807, 2.05) is 0 Å². The van der Waals surface area contributed by atoms with Crippen molar-refractivity contribution in [2.75, 3.05) is 9.80 Å². The summed E-state index contributed by atoms with van der Waals surface area (Å²) in [6.07, 6.45) is 0. The zero-order chi connectivity index (χ0) is 50.6. The maximum atomic E-state index is 7.07. The van der Waals surface area contributed by atoms with E-state index in [0.29, 0.717) is 0 Å². The minimum absolute atomic E-state index is 0.777. The van der Waals surface area contributed by atoms with Crippen molar-refractivity contribution in [2.24, 2.45) is 0 Å². The van der Waals surface area contributed by atoms with Gasteiger partial charge in [-0.1, -0.05) is 212 Å². The molecule has 0 aliphatic heterocycles. The molecule has 1 aliphatic carbocycles. The normalized spacial score (nSPS) is 12.8. The van der Waals surface area contributed by atoms with Crippen molar-refractivity contribution in [3.8, 4) is 11.1 Å². The molecule has 2 aromatic heterocycles. The summed E-state index contributed by atoms with van der Waals surface area (Å²) >= 11 is 0. The highest BCUT2D eigenvalue weighted by Gasteiger charge is 2.48. The van der Waals surface area contributed by atoms with E-state index in [0.717, 1.165) is 83.4 Å². The first-order valence-corrected chi connectivity index (χ1v) is 26.4. The highest BCUT2D eigenvalue weighted by molar-refractivity contribution is 6.23. The average molecular weight is 983 g/mol. The molecule has 77 heavy (non-hydrogen) atoms. The van der Waals surface area contributed by atoms with E-state index in [1.54, 1.807) is 0 Å². The Kier molecular flexibility index (Phi) is 9.52. The van der Waals surface area contributed by atoms with Crippen LogP contribution >= 0.6 is 0 Å². The first kappa shape index (κ1) is 43.3. The second kappa shape index (κ2) is 16.9. The summed E-state index contributed by atoms with van der Waals surface area (Å²) < 4.78 is 14.1. The van der Waals surface area contributed by atoms with Crippen molar-refractivity contribution >= 4 is 110 Å². The molecular formula is C73H46N2O2. The molecule has 0 radical (unpaired) electrons. The summed E-state index contributed by atoms with van der Waals surface area (Å²) in [5, 5.41) is 11.5. The van der Waals surface area contributed by atoms with Gasteiger partial charge in [0.15, 0.2) is 11.2 Å². The predicted molar refractivity (Wildman–Crippen MR) is 320 cm³/mol. The van der Waals surface area contributed by atoms with Gasteiger partial charge in [-0.2, -0.15) is 0 Å². The van der Waals surface area contributed by atoms with Gasteiger partial charge in [0.25, 0.3) is 0 Å². The Morgan fingerprint density at radius 3 is 1.30 bits per heavy atom. The SMILES string of the molecule is c1ccc(N(c2ccc3c(c2)C(c2ccccc2)(c2ccccc2)c2cc(N(c4ccccc4)c4cccc5c4oc4ccc6ccccc6c45)c4ccccc4c2-3)c2cccc3c2oc2ccc4ccccc4c23)cc1. The first-order chi connectivity index (χ1) is 38.2. The van der Waals surface area contributed by atoms with Crippen LogP contribution in [0.25, 0.3) is 87.3 Å². The van der Waals surface area contributed by atoms with Gasteiger partial charge >= 0.3 is 0 Å². The van der Waals surface area contributed by atoms with E-state index < -0.39 is 5.41 Å². The predicted octanol–water partition coefficient (Wildman–Crippen LogP) is 20.2. The zero-order valence-corrected chi connectivity index (χ0v) is 41.8. The molecule has 13 aromatic carbocycles. The third kappa shape index (κ3) is 6.33. The van der Waals surface area contributed by atoms with Gasteiger partial charge in [-0.25, -0.2) is 0 Å². The maximum Gasteiger partial charge on any atom is 0.159 e. The molecule has 15 aromatic rings. The highest BCUT2D eigenvalue weighted by atomic mass is 16.3. The molecule has 16 rings (SSSR count). The number of benzene rings is 13. The summed E-state index contributed by atoms with van der Waals surface area (Å²) in [7, 11) is 0. The van der Waals surface area contributed by atoms with Crippen LogP contribution in [0.15, 0.2) is 288 Å². The minimum Gasteiger partial charge on any atom is -0.454 e. The maximum absolute atomic E-state index is 7.07. The molecule has 4 nitrogen and oxygen atoms in total. The summed E-state index contributed by atoms with van der Waals surface area (Å²) in [6, 6.07) is 101. The van der Waals surface area contributed by atoms with Crippen molar-refractivity contribution in [3.05, 3.63) is 301 Å².